The molecule has 1 aliphatic rings. The molecule has 1 saturated heterocycles. The SMILES string of the molecule is Cc1ccc(C2(C)OCCO2)c(Cl)c1. The van der Waals surface area contributed by atoms with Gasteiger partial charge in [-0.05, 0) is 25.5 Å². The van der Waals surface area contributed by atoms with Gasteiger partial charge in [-0.25, -0.2) is 0 Å². The summed E-state index contributed by atoms with van der Waals surface area (Å²) in [7, 11) is 0. The summed E-state index contributed by atoms with van der Waals surface area (Å²) in [6, 6.07) is 5.90. The van der Waals surface area contributed by atoms with Gasteiger partial charge in [0.2, 0.25) is 0 Å². The van der Waals surface area contributed by atoms with E-state index in [0.717, 1.165) is 11.1 Å². The predicted molar refractivity (Wildman–Crippen MR) is 55.4 cm³/mol. The van der Waals surface area contributed by atoms with Crippen LogP contribution >= 0.6 is 11.6 Å². The van der Waals surface area contributed by atoms with E-state index in [-0.39, 0.29) is 0 Å². The second-order valence-electron chi connectivity index (χ2n) is 3.63. The molecule has 0 amide bonds. The molecule has 2 nitrogen and oxygen atoms in total. The van der Waals surface area contributed by atoms with Crippen LogP contribution in [0, 0.1) is 6.92 Å². The van der Waals surface area contributed by atoms with E-state index in [9.17, 15) is 0 Å². The van der Waals surface area contributed by atoms with Crippen molar-refractivity contribution in [3.05, 3.63) is 34.3 Å². The predicted octanol–water partition coefficient (Wildman–Crippen LogP) is 2.87. The summed E-state index contributed by atoms with van der Waals surface area (Å²) in [5, 5.41) is 0.703. The summed E-state index contributed by atoms with van der Waals surface area (Å²) in [5.74, 6) is -0.662. The zero-order valence-corrected chi connectivity index (χ0v) is 9.10. The summed E-state index contributed by atoms with van der Waals surface area (Å²) < 4.78 is 11.1. The quantitative estimate of drug-likeness (QED) is 0.713. The third-order valence-electron chi connectivity index (χ3n) is 2.45. The van der Waals surface area contributed by atoms with Crippen molar-refractivity contribution in [3.63, 3.8) is 0 Å². The highest BCUT2D eigenvalue weighted by Gasteiger charge is 2.34. The van der Waals surface area contributed by atoms with Gasteiger partial charge >= 0.3 is 0 Å². The van der Waals surface area contributed by atoms with Crippen LogP contribution < -0.4 is 0 Å². The van der Waals surface area contributed by atoms with Crippen LogP contribution in [0.3, 0.4) is 0 Å². The largest absolute Gasteiger partial charge is 0.344 e. The molecule has 0 aliphatic carbocycles. The summed E-state index contributed by atoms with van der Waals surface area (Å²) >= 11 is 6.14. The van der Waals surface area contributed by atoms with Gasteiger partial charge in [0.1, 0.15) is 0 Å². The van der Waals surface area contributed by atoms with Crippen LogP contribution in [0.5, 0.6) is 0 Å². The summed E-state index contributed by atoms with van der Waals surface area (Å²) in [6.07, 6.45) is 0. The Morgan fingerprint density at radius 3 is 2.50 bits per heavy atom. The fourth-order valence-corrected chi connectivity index (χ4v) is 2.07. The second-order valence-corrected chi connectivity index (χ2v) is 4.03. The van der Waals surface area contributed by atoms with Gasteiger partial charge in [0.15, 0.2) is 5.79 Å². The Morgan fingerprint density at radius 2 is 1.93 bits per heavy atom. The average molecular weight is 213 g/mol. The van der Waals surface area contributed by atoms with Crippen molar-refractivity contribution in [2.24, 2.45) is 0 Å². The number of halogens is 1. The van der Waals surface area contributed by atoms with Gasteiger partial charge in [-0.15, -0.1) is 0 Å². The smallest absolute Gasteiger partial charge is 0.193 e. The second kappa shape index (κ2) is 3.54. The Kier molecular flexibility index (Phi) is 2.52. The van der Waals surface area contributed by atoms with E-state index in [0.29, 0.717) is 18.2 Å². The molecule has 1 aromatic rings. The lowest BCUT2D eigenvalue weighted by molar-refractivity contribution is -0.149. The molecule has 1 heterocycles. The van der Waals surface area contributed by atoms with Crippen LogP contribution in [0.15, 0.2) is 18.2 Å². The molecule has 76 valence electrons. The number of benzene rings is 1. The minimum Gasteiger partial charge on any atom is -0.344 e. The molecule has 1 aromatic carbocycles. The third kappa shape index (κ3) is 1.65. The Morgan fingerprint density at radius 1 is 1.29 bits per heavy atom. The van der Waals surface area contributed by atoms with Crippen molar-refractivity contribution in [1.82, 2.24) is 0 Å². The maximum absolute atomic E-state index is 6.14. The molecule has 1 aliphatic heterocycles. The molecular weight excluding hydrogens is 200 g/mol. The van der Waals surface area contributed by atoms with Crippen LogP contribution in [-0.2, 0) is 15.3 Å². The normalized spacial score (nSPS) is 19.9. The molecule has 0 unspecified atom stereocenters. The Bertz CT molecular complexity index is 343. The fraction of sp³-hybridized carbons (Fsp3) is 0.455. The molecule has 0 saturated carbocycles. The first-order valence-electron chi connectivity index (χ1n) is 4.66. The lowest BCUT2D eigenvalue weighted by Gasteiger charge is -2.23. The number of ether oxygens (including phenoxy) is 2. The van der Waals surface area contributed by atoms with Crippen molar-refractivity contribution in [3.8, 4) is 0 Å². The zero-order chi connectivity index (χ0) is 10.2. The first-order chi connectivity index (χ1) is 6.62. The molecule has 0 aromatic heterocycles. The number of rotatable bonds is 1. The van der Waals surface area contributed by atoms with E-state index in [4.69, 9.17) is 21.1 Å². The van der Waals surface area contributed by atoms with E-state index >= 15 is 0 Å². The monoisotopic (exact) mass is 212 g/mol. The van der Waals surface area contributed by atoms with E-state index < -0.39 is 5.79 Å². The molecule has 14 heavy (non-hydrogen) atoms. The average Bonchev–Trinajstić information content (AvgIpc) is 2.52. The summed E-state index contributed by atoms with van der Waals surface area (Å²) in [4.78, 5) is 0. The number of hydrogen-bond donors (Lipinski definition) is 0. The lowest BCUT2D eigenvalue weighted by atomic mass is 10.1. The van der Waals surface area contributed by atoms with Gasteiger partial charge in [0.25, 0.3) is 0 Å². The van der Waals surface area contributed by atoms with Crippen LogP contribution in [0.2, 0.25) is 5.02 Å². The van der Waals surface area contributed by atoms with E-state index in [2.05, 4.69) is 0 Å². The number of aryl methyl sites for hydroxylation is 1. The van der Waals surface area contributed by atoms with Gasteiger partial charge < -0.3 is 9.47 Å². The van der Waals surface area contributed by atoms with Crippen molar-refractivity contribution >= 4 is 11.6 Å². The maximum Gasteiger partial charge on any atom is 0.193 e. The lowest BCUT2D eigenvalue weighted by Crippen LogP contribution is -2.22. The highest BCUT2D eigenvalue weighted by atomic mass is 35.5. The maximum atomic E-state index is 6.14. The molecule has 3 heteroatoms. The first kappa shape index (κ1) is 9.97. The van der Waals surface area contributed by atoms with Crippen LogP contribution in [0.25, 0.3) is 0 Å². The minimum absolute atomic E-state index is 0.626. The zero-order valence-electron chi connectivity index (χ0n) is 8.34. The third-order valence-corrected chi connectivity index (χ3v) is 2.76. The summed E-state index contributed by atoms with van der Waals surface area (Å²) in [5.41, 5.74) is 2.04. The van der Waals surface area contributed by atoms with Crippen molar-refractivity contribution < 1.29 is 9.47 Å². The topological polar surface area (TPSA) is 18.5 Å². The summed E-state index contributed by atoms with van der Waals surface area (Å²) in [6.45, 7) is 5.16. The van der Waals surface area contributed by atoms with Crippen LogP contribution in [0.1, 0.15) is 18.1 Å². The minimum atomic E-state index is -0.662. The van der Waals surface area contributed by atoms with Crippen LogP contribution in [-0.4, -0.2) is 13.2 Å². The van der Waals surface area contributed by atoms with Crippen molar-refractivity contribution in [1.29, 1.82) is 0 Å². The molecule has 2 rings (SSSR count). The fourth-order valence-electron chi connectivity index (χ4n) is 1.66. The Labute approximate surface area is 88.8 Å². The highest BCUT2D eigenvalue weighted by molar-refractivity contribution is 6.31. The Balaban J connectivity index is 2.40. The van der Waals surface area contributed by atoms with Gasteiger partial charge in [0, 0.05) is 10.6 Å². The van der Waals surface area contributed by atoms with Crippen molar-refractivity contribution in [2.45, 2.75) is 19.6 Å². The first-order valence-corrected chi connectivity index (χ1v) is 5.04. The molecule has 0 N–H and O–H groups in total. The number of hydrogen-bond acceptors (Lipinski definition) is 2. The van der Waals surface area contributed by atoms with E-state index in [1.165, 1.54) is 0 Å². The van der Waals surface area contributed by atoms with Crippen molar-refractivity contribution in [2.75, 3.05) is 13.2 Å². The standard InChI is InChI=1S/C11H13ClO2/c1-8-3-4-9(10(12)7-8)11(2)13-5-6-14-11/h3-4,7H,5-6H2,1-2H3. The van der Waals surface area contributed by atoms with Crippen LogP contribution in [0.4, 0.5) is 0 Å². The molecule has 0 bridgehead atoms. The van der Waals surface area contributed by atoms with Gasteiger partial charge in [-0.3, -0.25) is 0 Å². The van der Waals surface area contributed by atoms with Gasteiger partial charge in [0.05, 0.1) is 13.2 Å². The van der Waals surface area contributed by atoms with E-state index in [1.807, 2.05) is 32.0 Å². The molecular formula is C11H13ClO2. The molecule has 0 spiro atoms. The highest BCUT2D eigenvalue weighted by Crippen LogP contribution is 2.35. The van der Waals surface area contributed by atoms with E-state index in [1.54, 1.807) is 0 Å². The molecule has 1 fully saturated rings. The van der Waals surface area contributed by atoms with Gasteiger partial charge in [-0.2, -0.15) is 0 Å². The molecule has 0 atom stereocenters. The Hall–Kier alpha value is -0.570. The van der Waals surface area contributed by atoms with Gasteiger partial charge in [-0.1, -0.05) is 23.7 Å². The molecule has 0 radical (unpaired) electrons.